The Balaban J connectivity index is 2.35. The van der Waals surface area contributed by atoms with Crippen molar-refractivity contribution < 1.29 is 4.74 Å². The van der Waals surface area contributed by atoms with E-state index in [1.54, 1.807) is 8.73 Å². The van der Waals surface area contributed by atoms with Crippen LogP contribution < -0.4 is 0 Å². The van der Waals surface area contributed by atoms with Gasteiger partial charge in [0, 0.05) is 0 Å². The summed E-state index contributed by atoms with van der Waals surface area (Å²) in [5, 5.41) is 0. The quantitative estimate of drug-likeness (QED) is 0.509. The third kappa shape index (κ3) is 5.62. The summed E-state index contributed by atoms with van der Waals surface area (Å²) in [6, 6.07) is 0. The van der Waals surface area contributed by atoms with E-state index in [-0.39, 0.29) is 0 Å². The van der Waals surface area contributed by atoms with Crippen LogP contribution in [0.1, 0.15) is 46.0 Å². The van der Waals surface area contributed by atoms with Gasteiger partial charge in [0.15, 0.2) is 0 Å². The van der Waals surface area contributed by atoms with Crippen molar-refractivity contribution in [1.29, 1.82) is 0 Å². The summed E-state index contributed by atoms with van der Waals surface area (Å²) >= 11 is -0.670. The van der Waals surface area contributed by atoms with E-state index in [2.05, 4.69) is 24.8 Å². The van der Waals surface area contributed by atoms with Crippen LogP contribution in [-0.2, 0) is 4.74 Å². The first-order chi connectivity index (χ1) is 7.76. The van der Waals surface area contributed by atoms with E-state index in [9.17, 15) is 0 Å². The van der Waals surface area contributed by atoms with Gasteiger partial charge in [-0.1, -0.05) is 0 Å². The second-order valence-corrected chi connectivity index (χ2v) is 12.3. The van der Waals surface area contributed by atoms with Gasteiger partial charge in [-0.3, -0.25) is 0 Å². The van der Waals surface area contributed by atoms with E-state index in [0.717, 1.165) is 12.5 Å². The first-order valence-electron chi connectivity index (χ1n) is 6.76. The average Bonchev–Trinajstić information content (AvgIpc) is 2.29. The Hall–Kier alpha value is 0.358. The van der Waals surface area contributed by atoms with Crippen LogP contribution in [0.5, 0.6) is 0 Å². The van der Waals surface area contributed by atoms with Gasteiger partial charge in [0.05, 0.1) is 0 Å². The van der Waals surface area contributed by atoms with Crippen LogP contribution in [0.25, 0.3) is 0 Å². The molecule has 0 radical (unpaired) electrons. The first-order valence-corrected chi connectivity index (χ1v) is 12.9. The molecule has 16 heavy (non-hydrogen) atoms. The molecule has 1 nitrogen and oxygen atoms in total. The zero-order valence-electron chi connectivity index (χ0n) is 11.2. The number of allylic oxidation sites excluding steroid dienone is 2. The normalized spacial score (nSPS) is 20.1. The minimum atomic E-state index is -0.670. The number of ether oxygens (including phenoxy) is 1. The second kappa shape index (κ2) is 8.45. The maximum atomic E-state index is 5.75. The standard InChI is InChI=1S/C13H24O.CH3.Sb/c1-5-9-10-13(14-8-4)11-12(6-2)7-3;;/h10,12H,2-3,5-9,11H2,1,4H3;1H3;/b13-10+;;. The van der Waals surface area contributed by atoms with Crippen molar-refractivity contribution in [2.75, 3.05) is 6.61 Å². The first kappa shape index (κ1) is 14.4. The number of rotatable bonds is 6. The molecular weight excluding hydrogens is 306 g/mol. The predicted molar refractivity (Wildman–Crippen MR) is 73.2 cm³/mol. The molecule has 0 spiro atoms. The van der Waals surface area contributed by atoms with E-state index in [4.69, 9.17) is 4.74 Å². The van der Waals surface area contributed by atoms with Gasteiger partial charge >= 0.3 is 109 Å². The molecular formula is C14H27OSb. The molecule has 1 saturated heterocycles. The molecule has 0 unspecified atom stereocenters. The molecule has 1 aliphatic heterocycles. The zero-order valence-corrected chi connectivity index (χ0v) is 13.7. The molecule has 0 N–H and O–H groups in total. The third-order valence-electron chi connectivity index (χ3n) is 3.32. The third-order valence-corrected chi connectivity index (χ3v) is 9.15. The van der Waals surface area contributed by atoms with Crippen molar-refractivity contribution in [3.63, 3.8) is 0 Å². The van der Waals surface area contributed by atoms with Gasteiger partial charge in [-0.25, -0.2) is 0 Å². The number of unbranched alkanes of at least 4 members (excludes halogenated alkanes) is 1. The molecule has 0 amide bonds. The molecule has 0 aliphatic carbocycles. The molecule has 1 aliphatic rings. The molecule has 1 heterocycles. The van der Waals surface area contributed by atoms with Crippen LogP contribution in [-0.4, -0.2) is 26.8 Å². The zero-order chi connectivity index (χ0) is 11.8. The molecule has 2 heteroatoms. The van der Waals surface area contributed by atoms with Crippen molar-refractivity contribution in [2.24, 2.45) is 5.92 Å². The summed E-state index contributed by atoms with van der Waals surface area (Å²) in [6.07, 6.45) is 8.90. The van der Waals surface area contributed by atoms with Gasteiger partial charge in [0.2, 0.25) is 0 Å². The second-order valence-electron chi connectivity index (χ2n) is 4.84. The molecule has 1 fully saturated rings. The van der Waals surface area contributed by atoms with Gasteiger partial charge in [-0.05, 0) is 0 Å². The number of hydrogen-bond acceptors (Lipinski definition) is 1. The van der Waals surface area contributed by atoms with E-state index in [1.807, 2.05) is 0 Å². The predicted octanol–water partition coefficient (Wildman–Crippen LogP) is 4.63. The van der Waals surface area contributed by atoms with Crippen molar-refractivity contribution in [1.82, 2.24) is 0 Å². The van der Waals surface area contributed by atoms with Gasteiger partial charge in [-0.15, -0.1) is 0 Å². The van der Waals surface area contributed by atoms with Crippen molar-refractivity contribution in [3.8, 4) is 0 Å². The van der Waals surface area contributed by atoms with Crippen molar-refractivity contribution in [3.05, 3.63) is 11.8 Å². The summed E-state index contributed by atoms with van der Waals surface area (Å²) < 4.78 is 8.95. The molecule has 0 aromatic heterocycles. The summed E-state index contributed by atoms with van der Waals surface area (Å²) in [5.74, 6) is 2.20. The summed E-state index contributed by atoms with van der Waals surface area (Å²) in [6.45, 7) is 5.16. The Morgan fingerprint density at radius 3 is 2.56 bits per heavy atom. The molecule has 0 saturated carbocycles. The van der Waals surface area contributed by atoms with Crippen LogP contribution >= 0.6 is 0 Å². The van der Waals surface area contributed by atoms with Crippen LogP contribution in [0.4, 0.5) is 0 Å². The fraction of sp³-hybridized carbons (Fsp3) is 0.857. The Labute approximate surface area is 109 Å². The van der Waals surface area contributed by atoms with E-state index in [1.165, 1.54) is 37.9 Å². The van der Waals surface area contributed by atoms with Crippen LogP contribution in [0.15, 0.2) is 11.8 Å². The molecule has 0 aromatic rings. The topological polar surface area (TPSA) is 9.23 Å². The fourth-order valence-electron chi connectivity index (χ4n) is 2.24. The van der Waals surface area contributed by atoms with Crippen LogP contribution in [0, 0.1) is 5.92 Å². The summed E-state index contributed by atoms with van der Waals surface area (Å²) in [5.41, 5.74) is 0. The molecule has 0 bridgehead atoms. The fourth-order valence-corrected chi connectivity index (χ4v) is 7.48. The maximum absolute atomic E-state index is 5.75. The van der Waals surface area contributed by atoms with Crippen LogP contribution in [0.2, 0.25) is 13.6 Å². The Bertz CT molecular complexity index is 205. The van der Waals surface area contributed by atoms with Gasteiger partial charge in [0.1, 0.15) is 0 Å². The Morgan fingerprint density at radius 1 is 1.31 bits per heavy atom. The molecule has 1 rings (SSSR count). The Kier molecular flexibility index (Phi) is 7.61. The summed E-state index contributed by atoms with van der Waals surface area (Å²) in [4.78, 5) is 2.56. The molecule has 94 valence electrons. The molecule has 0 atom stereocenters. The van der Waals surface area contributed by atoms with E-state index < -0.39 is 20.2 Å². The van der Waals surface area contributed by atoms with Crippen LogP contribution in [0.3, 0.4) is 0 Å². The monoisotopic (exact) mass is 332 g/mol. The molecule has 0 aromatic carbocycles. The minimum absolute atomic E-state index is 0.670. The van der Waals surface area contributed by atoms with Gasteiger partial charge in [-0.2, -0.15) is 0 Å². The van der Waals surface area contributed by atoms with E-state index >= 15 is 0 Å². The Morgan fingerprint density at radius 2 is 2.00 bits per heavy atom. The van der Waals surface area contributed by atoms with Crippen molar-refractivity contribution in [2.45, 2.75) is 59.6 Å². The van der Waals surface area contributed by atoms with E-state index in [0.29, 0.717) is 0 Å². The average molecular weight is 333 g/mol. The summed E-state index contributed by atoms with van der Waals surface area (Å²) in [7, 11) is 0. The van der Waals surface area contributed by atoms with Gasteiger partial charge in [0.25, 0.3) is 0 Å². The SMILES string of the molecule is CCC/C=C(\CC1C[CH2][Sb]([CH3])[CH2]C1)OCC. The number of hydrogen-bond donors (Lipinski definition) is 0. The van der Waals surface area contributed by atoms with Crippen molar-refractivity contribution >= 4 is 20.2 Å². The van der Waals surface area contributed by atoms with Gasteiger partial charge < -0.3 is 0 Å².